The standard InChI is InChI=1S/C35H46O14/c1-8-17(2)28(41)31(42)48-30-29(46-16-36)27(18(3)35(43)23(38)11-21(34(30,35)7)20-9-10-44-14-20)33(6)22-12-25(39)45-15-32(22,5)49-26(40)13-24(33)47-19(4)37/h9-10,14,16-17,21-22,24,26-30,40-41,43H,3,8,11-13,15H2,1-2,4-7H3/t17-,21-,22-,24-,26-,27?,28+,29+,30-,32+,33+,34+,35+/m0/s1. The van der Waals surface area contributed by atoms with E-state index < -0.39 is 100 Å². The Morgan fingerprint density at radius 1 is 1.18 bits per heavy atom. The lowest BCUT2D eigenvalue weighted by Gasteiger charge is -2.61. The van der Waals surface area contributed by atoms with Crippen LogP contribution < -0.4 is 0 Å². The maximum Gasteiger partial charge on any atom is 0.335 e. The smallest absolute Gasteiger partial charge is 0.335 e. The van der Waals surface area contributed by atoms with Crippen LogP contribution in [0.3, 0.4) is 0 Å². The van der Waals surface area contributed by atoms with Crippen LogP contribution in [0.4, 0.5) is 0 Å². The first-order chi connectivity index (χ1) is 22.9. The molecule has 4 aliphatic rings. The number of hydrogen-bond donors (Lipinski definition) is 3. The van der Waals surface area contributed by atoms with E-state index in [0.29, 0.717) is 12.0 Å². The number of Topliss-reactive ketones (excluding diaryl/α,β-unsaturated/α-hetero) is 1. The van der Waals surface area contributed by atoms with Crippen LogP contribution in [0, 0.1) is 28.6 Å². The quantitative estimate of drug-likeness (QED) is 0.147. The predicted octanol–water partition coefficient (Wildman–Crippen LogP) is 2.12. The number of esters is 3. The molecule has 4 fully saturated rings. The SMILES string of the molecule is C=C1C([C@@]2(C)[C@@H](OC(C)=O)C[C@@H](O)O[C@]3(C)COC(=O)C[C@H]23)[C@@H](OC=O)[C@H](OC(=O)[C@H](O)[C@@H](C)CC)[C@@]2(C)[C@H](c3ccoc3)CC(=O)[C@]12O. The van der Waals surface area contributed by atoms with E-state index in [2.05, 4.69) is 6.58 Å². The van der Waals surface area contributed by atoms with Crippen molar-refractivity contribution in [2.24, 2.45) is 28.6 Å². The van der Waals surface area contributed by atoms with Crippen LogP contribution in [-0.2, 0) is 47.7 Å². The number of fused-ring (bicyclic) bond motifs is 2. The molecule has 1 aromatic heterocycles. The van der Waals surface area contributed by atoms with Gasteiger partial charge in [-0.25, -0.2) is 4.79 Å². The summed E-state index contributed by atoms with van der Waals surface area (Å²) in [4.78, 5) is 66.1. The maximum atomic E-state index is 14.3. The summed E-state index contributed by atoms with van der Waals surface area (Å²) in [5.41, 5.74) is -6.90. The molecule has 2 saturated heterocycles. The molecule has 3 N–H and O–H groups in total. The zero-order valence-corrected chi connectivity index (χ0v) is 28.6. The molecule has 14 nitrogen and oxygen atoms in total. The van der Waals surface area contributed by atoms with Crippen LogP contribution >= 0.6 is 0 Å². The van der Waals surface area contributed by atoms with Crippen molar-refractivity contribution >= 4 is 30.2 Å². The number of aliphatic hydroxyl groups excluding tert-OH is 2. The predicted molar refractivity (Wildman–Crippen MR) is 166 cm³/mol. The topological polar surface area (TPSA) is 205 Å². The average molecular weight is 691 g/mol. The molecule has 49 heavy (non-hydrogen) atoms. The highest BCUT2D eigenvalue weighted by Crippen LogP contribution is 2.68. The second kappa shape index (κ2) is 12.9. The fourth-order valence-electron chi connectivity index (χ4n) is 9.26. The number of carbonyl (C=O) groups is 5. The second-order valence-electron chi connectivity index (χ2n) is 14.6. The third kappa shape index (κ3) is 5.51. The number of carbonyl (C=O) groups excluding carboxylic acids is 5. The zero-order chi connectivity index (χ0) is 36.3. The molecule has 0 spiro atoms. The molecule has 2 aliphatic carbocycles. The summed E-state index contributed by atoms with van der Waals surface area (Å²) >= 11 is 0. The molecule has 0 bridgehead atoms. The van der Waals surface area contributed by atoms with Crippen molar-refractivity contribution in [3.63, 3.8) is 0 Å². The molecule has 0 radical (unpaired) electrons. The highest BCUT2D eigenvalue weighted by molar-refractivity contribution is 5.96. The molecule has 1 unspecified atom stereocenters. The number of hydrogen-bond acceptors (Lipinski definition) is 14. The first-order valence-electron chi connectivity index (χ1n) is 16.5. The summed E-state index contributed by atoms with van der Waals surface area (Å²) in [7, 11) is 0. The number of rotatable bonds is 9. The van der Waals surface area contributed by atoms with Crippen molar-refractivity contribution in [2.75, 3.05) is 6.61 Å². The normalized spacial score (nSPS) is 41.7. The molecular weight excluding hydrogens is 644 g/mol. The van der Waals surface area contributed by atoms with Gasteiger partial charge in [-0.1, -0.05) is 40.7 Å². The van der Waals surface area contributed by atoms with Crippen molar-refractivity contribution in [1.29, 1.82) is 0 Å². The summed E-state index contributed by atoms with van der Waals surface area (Å²) in [6, 6.07) is 1.60. The Bertz CT molecular complexity index is 1490. The Balaban J connectivity index is 1.80. The van der Waals surface area contributed by atoms with E-state index in [4.69, 9.17) is 28.1 Å². The van der Waals surface area contributed by atoms with Gasteiger partial charge in [0.2, 0.25) is 0 Å². The molecule has 1 aromatic rings. The first-order valence-corrected chi connectivity index (χ1v) is 16.5. The third-order valence-corrected chi connectivity index (χ3v) is 12.1. The van der Waals surface area contributed by atoms with Gasteiger partial charge in [0.1, 0.15) is 30.5 Å². The highest BCUT2D eigenvalue weighted by Gasteiger charge is 2.77. The minimum Gasteiger partial charge on any atom is -0.472 e. The van der Waals surface area contributed by atoms with Gasteiger partial charge in [-0.2, -0.15) is 0 Å². The zero-order valence-electron chi connectivity index (χ0n) is 28.6. The van der Waals surface area contributed by atoms with E-state index in [1.165, 1.54) is 19.5 Å². The number of ether oxygens (including phenoxy) is 5. The lowest BCUT2D eigenvalue weighted by atomic mass is 9.46. The second-order valence-corrected chi connectivity index (χ2v) is 14.6. The van der Waals surface area contributed by atoms with Crippen LogP contribution in [0.15, 0.2) is 35.2 Å². The molecule has 2 aliphatic heterocycles. The van der Waals surface area contributed by atoms with E-state index in [-0.39, 0.29) is 37.9 Å². The van der Waals surface area contributed by atoms with Crippen LogP contribution in [0.2, 0.25) is 0 Å². The van der Waals surface area contributed by atoms with Crippen molar-refractivity contribution in [1.82, 2.24) is 0 Å². The Kier molecular flexibility index (Phi) is 9.69. The van der Waals surface area contributed by atoms with Gasteiger partial charge in [-0.3, -0.25) is 19.2 Å². The number of cyclic esters (lactones) is 1. The Labute approximate surface area is 284 Å². The molecule has 3 heterocycles. The molecule has 270 valence electrons. The van der Waals surface area contributed by atoms with Crippen LogP contribution in [0.25, 0.3) is 0 Å². The van der Waals surface area contributed by atoms with Gasteiger partial charge < -0.3 is 43.4 Å². The van der Waals surface area contributed by atoms with Gasteiger partial charge in [0.15, 0.2) is 23.8 Å². The molecule has 2 saturated carbocycles. The molecule has 0 aromatic carbocycles. The molecule has 0 amide bonds. The van der Waals surface area contributed by atoms with Gasteiger partial charge in [0, 0.05) is 42.9 Å². The minimum absolute atomic E-state index is 0.134. The fourth-order valence-corrected chi connectivity index (χ4v) is 9.26. The fraction of sp³-hybridized carbons (Fsp3) is 0.686. The van der Waals surface area contributed by atoms with Crippen molar-refractivity contribution in [3.05, 3.63) is 36.3 Å². The molecule has 5 rings (SSSR count). The summed E-state index contributed by atoms with van der Waals surface area (Å²) in [5, 5.41) is 34.9. The molecular formula is C35H46O14. The van der Waals surface area contributed by atoms with E-state index in [0.717, 1.165) is 6.92 Å². The number of furan rings is 1. The van der Waals surface area contributed by atoms with Crippen molar-refractivity contribution < 1.29 is 67.4 Å². The maximum absolute atomic E-state index is 14.3. The first kappa shape index (κ1) is 36.7. The van der Waals surface area contributed by atoms with Gasteiger partial charge in [0.05, 0.1) is 24.4 Å². The summed E-state index contributed by atoms with van der Waals surface area (Å²) < 4.78 is 34.6. The number of ketones is 1. The summed E-state index contributed by atoms with van der Waals surface area (Å²) in [6.07, 6.45) is -5.30. The molecule has 14 heteroatoms. The van der Waals surface area contributed by atoms with Crippen LogP contribution in [0.1, 0.15) is 78.7 Å². The van der Waals surface area contributed by atoms with Crippen molar-refractivity contribution in [3.8, 4) is 0 Å². The van der Waals surface area contributed by atoms with Crippen LogP contribution in [-0.4, -0.2) is 94.0 Å². The van der Waals surface area contributed by atoms with Gasteiger partial charge in [-0.05, 0) is 30.0 Å². The summed E-state index contributed by atoms with van der Waals surface area (Å²) in [5.74, 6) is -6.89. The van der Waals surface area contributed by atoms with E-state index in [1.54, 1.807) is 33.8 Å². The summed E-state index contributed by atoms with van der Waals surface area (Å²) in [6.45, 7) is 13.4. The Morgan fingerprint density at radius 2 is 1.88 bits per heavy atom. The minimum atomic E-state index is -2.46. The third-order valence-electron chi connectivity index (χ3n) is 12.1. The van der Waals surface area contributed by atoms with Gasteiger partial charge in [-0.15, -0.1) is 0 Å². The Hall–Kier alpha value is -3.59. The van der Waals surface area contributed by atoms with E-state index in [9.17, 15) is 39.3 Å². The molecule has 13 atom stereocenters. The monoisotopic (exact) mass is 690 g/mol. The number of aliphatic hydroxyl groups is 3. The lowest BCUT2D eigenvalue weighted by Crippen LogP contribution is -2.72. The largest absolute Gasteiger partial charge is 0.472 e. The lowest BCUT2D eigenvalue weighted by molar-refractivity contribution is -0.251. The van der Waals surface area contributed by atoms with Gasteiger partial charge in [0.25, 0.3) is 6.47 Å². The highest BCUT2D eigenvalue weighted by atomic mass is 16.6. The van der Waals surface area contributed by atoms with Crippen molar-refractivity contribution in [2.45, 2.75) is 115 Å². The average Bonchev–Trinajstić information content (AvgIpc) is 3.63. The van der Waals surface area contributed by atoms with Crippen LogP contribution in [0.5, 0.6) is 0 Å². The van der Waals surface area contributed by atoms with E-state index >= 15 is 0 Å². The van der Waals surface area contributed by atoms with E-state index in [1.807, 2.05) is 0 Å². The van der Waals surface area contributed by atoms with Gasteiger partial charge >= 0.3 is 17.9 Å². The Morgan fingerprint density at radius 3 is 2.47 bits per heavy atom.